The topological polar surface area (TPSA) is 98.0 Å². The number of carbonyl (C=O) groups is 2. The minimum atomic E-state index is -0.938. The standard InChI is InChI=1S/C33H32FNO6/c1-23-29(7-5-9-31(36)37)30-8-4-6-25(33(30)35(23)22-32(38)39)13-10-24-11-16-27(17-12-24)40-20-2-3-21-41-28-18-14-26(34)15-19-28/h2-4,6,8,10-19H,5,7,9,20-22H2,1H3,(H,36,37)(H,38,39)/b3-2+,13-10?. The molecule has 0 saturated heterocycles. The molecule has 3 aromatic carbocycles. The maximum atomic E-state index is 12.9. The lowest BCUT2D eigenvalue weighted by Gasteiger charge is -2.08. The minimum Gasteiger partial charge on any atom is -0.490 e. The number of aromatic nitrogens is 1. The Bertz CT molecular complexity index is 1550. The van der Waals surface area contributed by atoms with Crippen molar-refractivity contribution in [2.24, 2.45) is 0 Å². The number of para-hydroxylation sites is 1. The minimum absolute atomic E-state index is 0.0621. The van der Waals surface area contributed by atoms with Crippen molar-refractivity contribution in [2.45, 2.75) is 32.7 Å². The van der Waals surface area contributed by atoms with E-state index in [9.17, 15) is 19.1 Å². The molecule has 1 aromatic heterocycles. The number of nitrogens with zero attached hydrogens (tertiary/aromatic N) is 1. The Hall–Kier alpha value is -4.85. The van der Waals surface area contributed by atoms with Crippen molar-refractivity contribution in [3.05, 3.63) is 107 Å². The highest BCUT2D eigenvalue weighted by atomic mass is 19.1. The van der Waals surface area contributed by atoms with Gasteiger partial charge in [0.1, 0.15) is 37.1 Å². The smallest absolute Gasteiger partial charge is 0.323 e. The van der Waals surface area contributed by atoms with Crippen LogP contribution in [0.25, 0.3) is 23.1 Å². The molecule has 1 heterocycles. The lowest BCUT2D eigenvalue weighted by Crippen LogP contribution is -2.10. The highest BCUT2D eigenvalue weighted by Gasteiger charge is 2.18. The second-order valence-electron chi connectivity index (χ2n) is 9.48. The van der Waals surface area contributed by atoms with Crippen LogP contribution in [0.1, 0.15) is 35.2 Å². The van der Waals surface area contributed by atoms with Crippen molar-refractivity contribution in [3.63, 3.8) is 0 Å². The van der Waals surface area contributed by atoms with Gasteiger partial charge in [0.15, 0.2) is 0 Å². The molecule has 0 bridgehead atoms. The van der Waals surface area contributed by atoms with Crippen LogP contribution in [-0.4, -0.2) is 39.9 Å². The number of hydrogen-bond donors (Lipinski definition) is 2. The zero-order chi connectivity index (χ0) is 29.2. The molecular formula is C33H32FNO6. The second-order valence-corrected chi connectivity index (χ2v) is 9.48. The van der Waals surface area contributed by atoms with Crippen LogP contribution in [0.15, 0.2) is 78.9 Å². The fourth-order valence-corrected chi connectivity index (χ4v) is 4.65. The lowest BCUT2D eigenvalue weighted by atomic mass is 10.0. The van der Waals surface area contributed by atoms with E-state index in [-0.39, 0.29) is 18.8 Å². The third-order valence-corrected chi connectivity index (χ3v) is 6.62. The van der Waals surface area contributed by atoms with Gasteiger partial charge in [-0.25, -0.2) is 4.39 Å². The summed E-state index contributed by atoms with van der Waals surface area (Å²) < 4.78 is 26.0. The first-order valence-electron chi connectivity index (χ1n) is 13.3. The molecule has 41 heavy (non-hydrogen) atoms. The summed E-state index contributed by atoms with van der Waals surface area (Å²) in [4.78, 5) is 22.7. The maximum Gasteiger partial charge on any atom is 0.323 e. The Balaban J connectivity index is 1.41. The molecule has 8 heteroatoms. The number of aryl methyl sites for hydroxylation is 1. The van der Waals surface area contributed by atoms with Crippen molar-refractivity contribution in [3.8, 4) is 11.5 Å². The molecule has 4 rings (SSSR count). The molecule has 7 nitrogen and oxygen atoms in total. The summed E-state index contributed by atoms with van der Waals surface area (Å²) >= 11 is 0. The number of benzene rings is 3. The van der Waals surface area contributed by atoms with Gasteiger partial charge < -0.3 is 24.3 Å². The highest BCUT2D eigenvalue weighted by Crippen LogP contribution is 2.31. The van der Waals surface area contributed by atoms with Gasteiger partial charge in [-0.05, 0) is 85.0 Å². The third kappa shape index (κ3) is 8.08. The van der Waals surface area contributed by atoms with Gasteiger partial charge in [-0.15, -0.1) is 0 Å². The van der Waals surface area contributed by atoms with Gasteiger partial charge in [0.2, 0.25) is 0 Å². The molecule has 0 aliphatic rings. The zero-order valence-electron chi connectivity index (χ0n) is 22.8. The van der Waals surface area contributed by atoms with E-state index in [0.717, 1.165) is 33.3 Å². The van der Waals surface area contributed by atoms with Crippen LogP contribution in [0.5, 0.6) is 11.5 Å². The number of carboxylic acid groups (broad SMARTS) is 2. The van der Waals surface area contributed by atoms with E-state index >= 15 is 0 Å². The number of ether oxygens (including phenoxy) is 2. The number of fused-ring (bicyclic) bond motifs is 1. The van der Waals surface area contributed by atoms with Gasteiger partial charge in [0.25, 0.3) is 0 Å². The van der Waals surface area contributed by atoms with E-state index in [0.29, 0.717) is 37.6 Å². The van der Waals surface area contributed by atoms with Crippen LogP contribution in [0.3, 0.4) is 0 Å². The molecule has 0 radical (unpaired) electrons. The first-order chi connectivity index (χ1) is 19.8. The van der Waals surface area contributed by atoms with Crippen LogP contribution >= 0.6 is 0 Å². The van der Waals surface area contributed by atoms with E-state index in [1.165, 1.54) is 12.1 Å². The Kier molecular flexibility index (Phi) is 9.94. The van der Waals surface area contributed by atoms with Gasteiger partial charge in [-0.3, -0.25) is 9.59 Å². The number of aliphatic carboxylic acids is 2. The molecule has 4 aromatic rings. The molecule has 0 aliphatic carbocycles. The van der Waals surface area contributed by atoms with Crippen LogP contribution < -0.4 is 9.47 Å². The van der Waals surface area contributed by atoms with E-state index in [2.05, 4.69) is 0 Å². The Morgan fingerprint density at radius 2 is 1.49 bits per heavy atom. The van der Waals surface area contributed by atoms with Crippen molar-refractivity contribution >= 4 is 35.0 Å². The number of halogens is 1. The van der Waals surface area contributed by atoms with E-state index in [1.54, 1.807) is 16.7 Å². The molecule has 0 unspecified atom stereocenters. The summed E-state index contributed by atoms with van der Waals surface area (Å²) in [7, 11) is 0. The first-order valence-corrected chi connectivity index (χ1v) is 13.3. The van der Waals surface area contributed by atoms with E-state index < -0.39 is 11.9 Å². The molecule has 0 saturated carbocycles. The maximum absolute atomic E-state index is 12.9. The first kappa shape index (κ1) is 29.1. The molecule has 0 spiro atoms. The highest BCUT2D eigenvalue weighted by molar-refractivity contribution is 5.95. The number of rotatable bonds is 14. The van der Waals surface area contributed by atoms with E-state index in [1.807, 2.05) is 73.7 Å². The van der Waals surface area contributed by atoms with Crippen molar-refractivity contribution < 1.29 is 33.7 Å². The molecule has 0 aliphatic heterocycles. The summed E-state index contributed by atoms with van der Waals surface area (Å²) in [6, 6.07) is 19.3. The SMILES string of the molecule is Cc1c(CCCC(=O)O)c2cccc(C=Cc3ccc(OC/C=C/COc4ccc(F)cc4)cc3)c2n1CC(=O)O. The normalized spacial score (nSPS) is 11.5. The predicted octanol–water partition coefficient (Wildman–Crippen LogP) is 6.77. The average molecular weight is 558 g/mol. The molecule has 0 amide bonds. The van der Waals surface area contributed by atoms with Crippen molar-refractivity contribution in [2.75, 3.05) is 13.2 Å². The predicted molar refractivity (Wildman–Crippen MR) is 157 cm³/mol. The Labute approximate surface area is 237 Å². The largest absolute Gasteiger partial charge is 0.490 e. The van der Waals surface area contributed by atoms with Crippen LogP contribution in [-0.2, 0) is 22.6 Å². The quantitative estimate of drug-likeness (QED) is 0.131. The molecule has 0 fully saturated rings. The van der Waals surface area contributed by atoms with Crippen LogP contribution in [0, 0.1) is 12.7 Å². The molecule has 212 valence electrons. The zero-order valence-corrected chi connectivity index (χ0v) is 22.8. The van der Waals surface area contributed by atoms with Crippen molar-refractivity contribution in [1.82, 2.24) is 4.57 Å². The third-order valence-electron chi connectivity index (χ3n) is 6.62. The molecular weight excluding hydrogens is 525 g/mol. The van der Waals surface area contributed by atoms with Crippen molar-refractivity contribution in [1.29, 1.82) is 0 Å². The molecule has 2 N–H and O–H groups in total. The Morgan fingerprint density at radius 3 is 2.10 bits per heavy atom. The summed E-state index contributed by atoms with van der Waals surface area (Å²) in [5, 5.41) is 19.5. The summed E-state index contributed by atoms with van der Waals surface area (Å²) in [5.41, 5.74) is 4.47. The summed E-state index contributed by atoms with van der Waals surface area (Å²) in [6.45, 7) is 2.44. The molecule has 0 atom stereocenters. The van der Waals surface area contributed by atoms with Gasteiger partial charge in [0, 0.05) is 17.5 Å². The fourth-order valence-electron chi connectivity index (χ4n) is 4.65. The van der Waals surface area contributed by atoms with Gasteiger partial charge >= 0.3 is 11.9 Å². The fraction of sp³-hybridized carbons (Fsp3) is 0.212. The lowest BCUT2D eigenvalue weighted by molar-refractivity contribution is -0.138. The van der Waals surface area contributed by atoms with Gasteiger partial charge in [0.05, 0.1) is 5.52 Å². The van der Waals surface area contributed by atoms with E-state index in [4.69, 9.17) is 14.6 Å². The number of carboxylic acids is 2. The Morgan fingerprint density at radius 1 is 0.854 bits per heavy atom. The summed E-state index contributed by atoms with van der Waals surface area (Å²) in [5.74, 6) is -0.779. The summed E-state index contributed by atoms with van der Waals surface area (Å²) in [6.07, 6.45) is 8.71. The van der Waals surface area contributed by atoms with Crippen LogP contribution in [0.2, 0.25) is 0 Å². The monoisotopic (exact) mass is 557 g/mol. The van der Waals surface area contributed by atoms with Gasteiger partial charge in [-0.1, -0.05) is 42.5 Å². The van der Waals surface area contributed by atoms with Crippen LogP contribution in [0.4, 0.5) is 4.39 Å². The average Bonchev–Trinajstić information content (AvgIpc) is 3.21. The second kappa shape index (κ2) is 14.0. The van der Waals surface area contributed by atoms with Gasteiger partial charge in [-0.2, -0.15) is 0 Å². The number of hydrogen-bond acceptors (Lipinski definition) is 4.